The Morgan fingerprint density at radius 1 is 0.314 bits per heavy atom. The quantitative estimate of drug-likeness (QED) is 0.190. The SMILES string of the molecule is c1ccc(-c2c3c(c(-c4ccccc4)c4ccccc24)-c2ccc(-c4ccc(-n5c6ncccc6c6cccnc65)cc4)c4cccc-3c24)cc1. The minimum atomic E-state index is 0.915. The molecule has 3 heterocycles. The molecule has 51 heavy (non-hydrogen) atoms. The van der Waals surface area contributed by atoms with Crippen LogP contribution in [0.15, 0.2) is 176 Å². The Hall–Kier alpha value is -6.84. The monoisotopic (exact) mass is 647 g/mol. The highest BCUT2D eigenvalue weighted by Crippen LogP contribution is 2.58. The van der Waals surface area contributed by atoms with E-state index in [1.807, 2.05) is 24.5 Å². The number of fused-ring (bicyclic) bond motifs is 7. The third kappa shape index (κ3) is 4.00. The molecule has 0 spiro atoms. The normalized spacial score (nSPS) is 11.9. The fourth-order valence-corrected chi connectivity index (χ4v) is 8.57. The molecule has 0 unspecified atom stereocenters. The summed E-state index contributed by atoms with van der Waals surface area (Å²) in [6.07, 6.45) is 3.71. The van der Waals surface area contributed by atoms with Crippen molar-refractivity contribution in [1.29, 1.82) is 0 Å². The van der Waals surface area contributed by atoms with Gasteiger partial charge < -0.3 is 0 Å². The first kappa shape index (κ1) is 28.0. The fourth-order valence-electron chi connectivity index (χ4n) is 8.57. The zero-order chi connectivity index (χ0) is 33.5. The number of pyridine rings is 2. The van der Waals surface area contributed by atoms with Crippen LogP contribution in [0.1, 0.15) is 0 Å². The van der Waals surface area contributed by atoms with Gasteiger partial charge in [-0.2, -0.15) is 0 Å². The predicted molar refractivity (Wildman–Crippen MR) is 212 cm³/mol. The summed E-state index contributed by atoms with van der Waals surface area (Å²) < 4.78 is 2.17. The van der Waals surface area contributed by atoms with E-state index in [0.29, 0.717) is 0 Å². The molecule has 0 N–H and O–H groups in total. The van der Waals surface area contributed by atoms with Gasteiger partial charge in [-0.25, -0.2) is 9.97 Å². The van der Waals surface area contributed by atoms with Crippen LogP contribution >= 0.6 is 0 Å². The molecule has 0 fully saturated rings. The fraction of sp³-hybridized carbons (Fsp3) is 0. The Bertz CT molecular complexity index is 2850. The molecule has 1 aliphatic carbocycles. The molecular weight excluding hydrogens is 619 g/mol. The van der Waals surface area contributed by atoms with Crippen molar-refractivity contribution in [3.8, 4) is 61.3 Å². The van der Waals surface area contributed by atoms with E-state index in [1.165, 1.54) is 77.2 Å². The van der Waals surface area contributed by atoms with Crippen LogP contribution in [0.4, 0.5) is 0 Å². The number of hydrogen-bond acceptors (Lipinski definition) is 2. The largest absolute Gasteiger partial charge is 0.278 e. The number of nitrogens with zero attached hydrogens (tertiary/aromatic N) is 3. The summed E-state index contributed by atoms with van der Waals surface area (Å²) in [5, 5.41) is 7.33. The molecule has 10 aromatic rings. The lowest BCUT2D eigenvalue weighted by molar-refractivity contribution is 1.10. The maximum Gasteiger partial charge on any atom is 0.146 e. The zero-order valence-corrected chi connectivity index (χ0v) is 27.6. The number of benzene rings is 7. The molecule has 236 valence electrons. The van der Waals surface area contributed by atoms with Crippen LogP contribution in [-0.4, -0.2) is 14.5 Å². The molecule has 0 saturated carbocycles. The van der Waals surface area contributed by atoms with E-state index >= 15 is 0 Å². The third-order valence-corrected chi connectivity index (χ3v) is 10.6. The van der Waals surface area contributed by atoms with E-state index in [-0.39, 0.29) is 0 Å². The van der Waals surface area contributed by atoms with Crippen LogP contribution in [0.25, 0.3) is 105 Å². The zero-order valence-electron chi connectivity index (χ0n) is 27.6. The first-order valence-electron chi connectivity index (χ1n) is 17.4. The van der Waals surface area contributed by atoms with Crippen molar-refractivity contribution in [2.75, 3.05) is 0 Å². The van der Waals surface area contributed by atoms with Crippen LogP contribution < -0.4 is 0 Å². The van der Waals surface area contributed by atoms with Gasteiger partial charge in [0.05, 0.1) is 0 Å². The van der Waals surface area contributed by atoms with Gasteiger partial charge in [0.1, 0.15) is 11.3 Å². The predicted octanol–water partition coefficient (Wildman–Crippen LogP) is 12.5. The van der Waals surface area contributed by atoms with Gasteiger partial charge in [0, 0.05) is 28.9 Å². The second-order valence-electron chi connectivity index (χ2n) is 13.3. The smallest absolute Gasteiger partial charge is 0.146 e. The third-order valence-electron chi connectivity index (χ3n) is 10.6. The van der Waals surface area contributed by atoms with Gasteiger partial charge in [-0.05, 0) is 114 Å². The van der Waals surface area contributed by atoms with E-state index in [9.17, 15) is 0 Å². The molecule has 7 aromatic carbocycles. The molecule has 0 aliphatic heterocycles. The Morgan fingerprint density at radius 2 is 0.804 bits per heavy atom. The molecule has 3 aromatic heterocycles. The van der Waals surface area contributed by atoms with Crippen LogP contribution in [0.2, 0.25) is 0 Å². The van der Waals surface area contributed by atoms with Crippen LogP contribution in [0, 0.1) is 0 Å². The standard InChI is InChI=1S/C48H29N3/c1-3-12-31(13-4-1)42-36-16-7-8-17-37(36)43(32-14-5-2-6-15-32)46-41-27-26-34(35-18-9-19-40(44(35)41)45(42)46)30-22-24-33(25-23-30)51-47-38(20-10-28-49-47)39-21-11-29-50-48(39)51/h1-29H. The average Bonchev–Trinajstić information content (AvgIpc) is 3.72. The lowest BCUT2D eigenvalue weighted by Gasteiger charge is -2.20. The molecule has 0 atom stereocenters. The van der Waals surface area contributed by atoms with Crippen molar-refractivity contribution in [3.63, 3.8) is 0 Å². The maximum atomic E-state index is 4.76. The van der Waals surface area contributed by atoms with Gasteiger partial charge in [-0.3, -0.25) is 4.57 Å². The minimum absolute atomic E-state index is 0.915. The highest BCUT2D eigenvalue weighted by molar-refractivity contribution is 6.28. The lowest BCUT2D eigenvalue weighted by atomic mass is 9.82. The van der Waals surface area contributed by atoms with Crippen LogP contribution in [-0.2, 0) is 0 Å². The highest BCUT2D eigenvalue weighted by atomic mass is 15.1. The van der Waals surface area contributed by atoms with E-state index in [0.717, 1.165) is 27.8 Å². The Balaban J connectivity index is 1.15. The molecule has 0 bridgehead atoms. The average molecular weight is 648 g/mol. The molecule has 0 saturated heterocycles. The molecule has 0 amide bonds. The van der Waals surface area contributed by atoms with Crippen molar-refractivity contribution < 1.29 is 0 Å². The second kappa shape index (κ2) is 10.8. The Labute approximate surface area is 294 Å². The Kier molecular flexibility index (Phi) is 5.96. The van der Waals surface area contributed by atoms with Crippen LogP contribution in [0.3, 0.4) is 0 Å². The van der Waals surface area contributed by atoms with E-state index < -0.39 is 0 Å². The molecule has 0 radical (unpaired) electrons. The van der Waals surface area contributed by atoms with Gasteiger partial charge in [-0.15, -0.1) is 0 Å². The summed E-state index contributed by atoms with van der Waals surface area (Å²) in [5.41, 5.74) is 15.6. The second-order valence-corrected chi connectivity index (χ2v) is 13.3. The van der Waals surface area contributed by atoms with Gasteiger partial charge in [0.15, 0.2) is 0 Å². The molecule has 1 aliphatic rings. The van der Waals surface area contributed by atoms with Crippen molar-refractivity contribution in [1.82, 2.24) is 14.5 Å². The molecule has 3 nitrogen and oxygen atoms in total. The van der Waals surface area contributed by atoms with Crippen LogP contribution in [0.5, 0.6) is 0 Å². The molecular formula is C48H29N3. The minimum Gasteiger partial charge on any atom is -0.278 e. The summed E-state index contributed by atoms with van der Waals surface area (Å²) in [4.78, 5) is 9.53. The topological polar surface area (TPSA) is 30.7 Å². The van der Waals surface area contributed by atoms with E-state index in [1.54, 1.807) is 0 Å². The van der Waals surface area contributed by atoms with E-state index in [4.69, 9.17) is 9.97 Å². The summed E-state index contributed by atoms with van der Waals surface area (Å²) in [7, 11) is 0. The first-order chi connectivity index (χ1) is 25.3. The highest BCUT2D eigenvalue weighted by Gasteiger charge is 2.31. The summed E-state index contributed by atoms with van der Waals surface area (Å²) >= 11 is 0. The van der Waals surface area contributed by atoms with Gasteiger partial charge in [0.2, 0.25) is 0 Å². The number of aromatic nitrogens is 3. The summed E-state index contributed by atoms with van der Waals surface area (Å²) in [5.74, 6) is 0. The molecule has 3 heteroatoms. The maximum absolute atomic E-state index is 4.76. The van der Waals surface area contributed by atoms with Gasteiger partial charge in [0.25, 0.3) is 0 Å². The first-order valence-corrected chi connectivity index (χ1v) is 17.4. The van der Waals surface area contributed by atoms with Crippen molar-refractivity contribution in [2.45, 2.75) is 0 Å². The van der Waals surface area contributed by atoms with Crippen molar-refractivity contribution >= 4 is 43.6 Å². The van der Waals surface area contributed by atoms with E-state index in [2.05, 4.69) is 156 Å². The number of rotatable bonds is 4. The van der Waals surface area contributed by atoms with Crippen molar-refractivity contribution in [2.24, 2.45) is 0 Å². The van der Waals surface area contributed by atoms with Crippen molar-refractivity contribution in [3.05, 3.63) is 176 Å². The number of hydrogen-bond donors (Lipinski definition) is 0. The Morgan fingerprint density at radius 3 is 1.39 bits per heavy atom. The lowest BCUT2D eigenvalue weighted by Crippen LogP contribution is -1.96. The summed E-state index contributed by atoms with van der Waals surface area (Å²) in [6, 6.07) is 59.4. The summed E-state index contributed by atoms with van der Waals surface area (Å²) in [6.45, 7) is 0. The van der Waals surface area contributed by atoms with Gasteiger partial charge >= 0.3 is 0 Å². The van der Waals surface area contributed by atoms with Gasteiger partial charge in [-0.1, -0.05) is 127 Å². The molecule has 11 rings (SSSR count).